The van der Waals surface area contributed by atoms with Gasteiger partial charge < -0.3 is 24.7 Å². The molecule has 0 bridgehead atoms. The average molecular weight is 534 g/mol. The third-order valence-corrected chi connectivity index (χ3v) is 8.18. The van der Waals surface area contributed by atoms with E-state index in [1.807, 2.05) is 27.1 Å². The van der Waals surface area contributed by atoms with Gasteiger partial charge in [-0.15, -0.1) is 0 Å². The molecule has 1 aromatic carbocycles. The quantitative estimate of drug-likeness (QED) is 0.163. The van der Waals surface area contributed by atoms with Gasteiger partial charge in [0, 0.05) is 29.8 Å². The first-order valence-electron chi connectivity index (χ1n) is 12.9. The van der Waals surface area contributed by atoms with Crippen molar-refractivity contribution < 1.29 is 19.8 Å². The number of methoxy groups -OCH3 is 1. The molecule has 37 heavy (non-hydrogen) atoms. The number of rotatable bonds is 11. The van der Waals surface area contributed by atoms with Gasteiger partial charge in [-0.3, -0.25) is 4.99 Å². The van der Waals surface area contributed by atoms with Crippen LogP contribution in [0.15, 0.2) is 33.9 Å². The summed E-state index contributed by atoms with van der Waals surface area (Å²) in [7, 11) is 5.58. The Morgan fingerprint density at radius 2 is 2.00 bits per heavy atom. The number of ether oxygens (including phenoxy) is 1. The first kappa shape index (κ1) is 30.9. The highest BCUT2D eigenvalue weighted by Gasteiger charge is 2.41. The predicted octanol–water partition coefficient (Wildman–Crippen LogP) is 5.78. The number of aliphatic hydroxyl groups excluding tert-OH is 1. The second kappa shape index (κ2) is 14.0. The Kier molecular flexibility index (Phi) is 11.7. The van der Waals surface area contributed by atoms with Crippen molar-refractivity contribution in [2.45, 2.75) is 53.9 Å². The maximum Gasteiger partial charge on any atom is 0.144 e. The molecule has 0 aliphatic heterocycles. The lowest BCUT2D eigenvalue weighted by Gasteiger charge is -2.43. The summed E-state index contributed by atoms with van der Waals surface area (Å²) >= 11 is 6.54. The van der Waals surface area contributed by atoms with Crippen LogP contribution in [0.2, 0.25) is 5.02 Å². The molecule has 206 valence electrons. The van der Waals surface area contributed by atoms with E-state index < -0.39 is 0 Å². The monoisotopic (exact) mass is 533 g/mol. The van der Waals surface area contributed by atoms with Crippen LogP contribution < -0.4 is 4.74 Å². The number of oxime groups is 1. The Bertz CT molecular complexity index is 1050. The molecule has 7 nitrogen and oxygen atoms in total. The lowest BCUT2D eigenvalue weighted by atomic mass is 9.61. The maximum atomic E-state index is 11.0. The van der Waals surface area contributed by atoms with Crippen LogP contribution in [0.25, 0.3) is 0 Å². The topological polar surface area (TPSA) is 86.9 Å². The third-order valence-electron chi connectivity index (χ3n) is 7.73. The van der Waals surface area contributed by atoms with Crippen molar-refractivity contribution in [3.05, 3.63) is 45.5 Å². The number of nitrogens with zero attached hydrogens (tertiary/aromatic N) is 3. The molecule has 1 fully saturated rings. The number of phenolic OH excluding ortho intramolecular Hbond substituents is 1. The number of hydrogen-bond donors (Lipinski definition) is 2. The van der Waals surface area contributed by atoms with Gasteiger partial charge in [0.25, 0.3) is 0 Å². The van der Waals surface area contributed by atoms with Crippen LogP contribution in [0.5, 0.6) is 11.5 Å². The van der Waals surface area contributed by atoms with Crippen LogP contribution in [0.1, 0.15) is 57.2 Å². The van der Waals surface area contributed by atoms with Gasteiger partial charge in [-0.05, 0) is 64.1 Å². The Morgan fingerprint density at radius 3 is 2.62 bits per heavy atom. The van der Waals surface area contributed by atoms with Gasteiger partial charge in [-0.25, -0.2) is 0 Å². The molecular formula is C29H44ClN3O4. The Hall–Kier alpha value is -2.35. The molecule has 0 saturated heterocycles. The van der Waals surface area contributed by atoms with Crippen molar-refractivity contribution in [1.29, 1.82) is 0 Å². The molecule has 0 amide bonds. The minimum absolute atomic E-state index is 0.0561. The highest BCUT2D eigenvalue weighted by Crippen LogP contribution is 2.45. The summed E-state index contributed by atoms with van der Waals surface area (Å²) in [5, 5.41) is 24.9. The van der Waals surface area contributed by atoms with Gasteiger partial charge in [-0.1, -0.05) is 61.3 Å². The van der Waals surface area contributed by atoms with Crippen LogP contribution in [-0.2, 0) is 11.3 Å². The Morgan fingerprint density at radius 1 is 1.30 bits per heavy atom. The second-order valence-corrected chi connectivity index (χ2v) is 10.8. The molecule has 2 N–H and O–H groups in total. The van der Waals surface area contributed by atoms with E-state index >= 15 is 0 Å². The van der Waals surface area contributed by atoms with Crippen molar-refractivity contribution >= 4 is 23.5 Å². The van der Waals surface area contributed by atoms with E-state index in [9.17, 15) is 5.11 Å². The molecule has 2 rings (SSSR count). The number of aliphatic imine (C=N–C) groups is 1. The molecule has 1 aromatic rings. The van der Waals surface area contributed by atoms with Crippen LogP contribution in [0.4, 0.5) is 0 Å². The predicted molar refractivity (Wildman–Crippen MR) is 153 cm³/mol. The number of allylic oxidation sites excluding steroid dienone is 4. The number of hydrogen-bond acceptors (Lipinski definition) is 7. The van der Waals surface area contributed by atoms with Crippen molar-refractivity contribution in [2.75, 3.05) is 41.1 Å². The normalized spacial score (nSPS) is 24.1. The summed E-state index contributed by atoms with van der Waals surface area (Å²) in [6.07, 6.45) is 10.4. The van der Waals surface area contributed by atoms with Crippen molar-refractivity contribution in [3.63, 3.8) is 0 Å². The van der Waals surface area contributed by atoms with E-state index in [1.54, 1.807) is 6.92 Å². The molecule has 1 aliphatic carbocycles. The standard InChI is InChI=1S/C29H44ClN3O4/c1-19(9-11-23-27(35)24(17-31-18-34)21(3)26(30)28(23)36-8)13-14-29(5)20(2)10-12-25(22(29)4)32-37-16-15-33(6)7/h9,13-14,17,20,22,34-35H,10-12,15-16,18H2,1-8H3/b14-13+,19-9+,31-17?,32-25+/t20-,22+,29+/m1/s1. The van der Waals surface area contributed by atoms with Crippen molar-refractivity contribution in [2.24, 2.45) is 27.4 Å². The molecule has 0 unspecified atom stereocenters. The van der Waals surface area contributed by atoms with Gasteiger partial charge in [-0.2, -0.15) is 0 Å². The molecule has 1 aliphatic rings. The van der Waals surface area contributed by atoms with Crippen molar-refractivity contribution in [3.8, 4) is 11.5 Å². The molecular weight excluding hydrogens is 490 g/mol. The summed E-state index contributed by atoms with van der Waals surface area (Å²) in [5.41, 5.74) is 3.84. The molecule has 0 radical (unpaired) electrons. The van der Waals surface area contributed by atoms with Crippen LogP contribution >= 0.6 is 11.6 Å². The summed E-state index contributed by atoms with van der Waals surface area (Å²) in [6.45, 7) is 11.7. The van der Waals surface area contributed by atoms with E-state index in [-0.39, 0.29) is 23.8 Å². The number of benzene rings is 1. The number of phenols is 1. The smallest absolute Gasteiger partial charge is 0.144 e. The summed E-state index contributed by atoms with van der Waals surface area (Å²) < 4.78 is 5.53. The number of likely N-dealkylation sites (N-methyl/N-ethyl adjacent to an activating group) is 1. The van der Waals surface area contributed by atoms with Gasteiger partial charge in [0.05, 0.1) is 17.8 Å². The maximum absolute atomic E-state index is 11.0. The van der Waals surface area contributed by atoms with Crippen LogP contribution in [0, 0.1) is 24.2 Å². The van der Waals surface area contributed by atoms with Gasteiger partial charge in [0.1, 0.15) is 24.8 Å². The highest BCUT2D eigenvalue weighted by molar-refractivity contribution is 6.33. The first-order valence-corrected chi connectivity index (χ1v) is 13.2. The molecule has 8 heteroatoms. The first-order chi connectivity index (χ1) is 17.5. The van der Waals surface area contributed by atoms with E-state index in [0.29, 0.717) is 46.4 Å². The summed E-state index contributed by atoms with van der Waals surface area (Å²) in [4.78, 5) is 11.6. The average Bonchev–Trinajstić information content (AvgIpc) is 2.86. The van der Waals surface area contributed by atoms with E-state index in [4.69, 9.17) is 26.3 Å². The van der Waals surface area contributed by atoms with E-state index in [2.05, 4.69) is 48.0 Å². The van der Waals surface area contributed by atoms with Crippen molar-refractivity contribution in [1.82, 2.24) is 4.90 Å². The summed E-state index contributed by atoms with van der Waals surface area (Å²) in [6, 6.07) is 0. The van der Waals surface area contributed by atoms with Gasteiger partial charge in [0.15, 0.2) is 0 Å². The van der Waals surface area contributed by atoms with E-state index in [1.165, 1.54) is 13.3 Å². The lowest BCUT2D eigenvalue weighted by molar-refractivity contribution is 0.116. The third kappa shape index (κ3) is 7.59. The number of halogens is 1. The zero-order valence-electron chi connectivity index (χ0n) is 23.6. The molecule has 0 aromatic heterocycles. The lowest BCUT2D eigenvalue weighted by Crippen LogP contribution is -2.40. The largest absolute Gasteiger partial charge is 0.507 e. The Balaban J connectivity index is 2.27. The van der Waals surface area contributed by atoms with Crippen LogP contribution in [-0.4, -0.2) is 68.1 Å². The van der Waals surface area contributed by atoms with Gasteiger partial charge >= 0.3 is 0 Å². The number of aliphatic hydroxyl groups is 1. The minimum atomic E-state index is -0.369. The fourth-order valence-electron chi connectivity index (χ4n) is 4.67. The fourth-order valence-corrected chi connectivity index (χ4v) is 4.96. The highest BCUT2D eigenvalue weighted by atomic mass is 35.5. The molecule has 0 heterocycles. The number of aromatic hydroxyl groups is 1. The zero-order chi connectivity index (χ0) is 27.8. The zero-order valence-corrected chi connectivity index (χ0v) is 24.4. The van der Waals surface area contributed by atoms with E-state index in [0.717, 1.165) is 30.7 Å². The fraction of sp³-hybridized carbons (Fsp3) is 0.586. The summed E-state index contributed by atoms with van der Waals surface area (Å²) in [5.74, 6) is 1.26. The molecule has 1 saturated carbocycles. The van der Waals surface area contributed by atoms with Gasteiger partial charge in [0.2, 0.25) is 0 Å². The second-order valence-electron chi connectivity index (χ2n) is 10.4. The molecule has 3 atom stereocenters. The minimum Gasteiger partial charge on any atom is -0.507 e. The SMILES string of the molecule is COc1c(Cl)c(C)c(C=NCO)c(O)c1C/C=C(C)/C=C/[C@@]1(C)[C@H](C)CC/C(=N\OCCN(C)C)[C@@H]1C. The molecule has 0 spiro atoms. The van der Waals surface area contributed by atoms with Crippen LogP contribution in [0.3, 0.4) is 0 Å². The Labute approximate surface area is 227 Å².